The molecule has 0 aromatic heterocycles. The highest BCUT2D eigenvalue weighted by molar-refractivity contribution is 5.78. The van der Waals surface area contributed by atoms with E-state index in [1.807, 2.05) is 0 Å². The van der Waals surface area contributed by atoms with Gasteiger partial charge in [-0.15, -0.1) is 0 Å². The zero-order valence-corrected chi connectivity index (χ0v) is 22.6. The van der Waals surface area contributed by atoms with Crippen molar-refractivity contribution in [1.82, 2.24) is 5.32 Å². The molecule has 250 valence electrons. The molecule has 0 unspecified atom stereocenters. The summed E-state index contributed by atoms with van der Waals surface area (Å²) in [5, 5.41) is 112. The van der Waals surface area contributed by atoms with Crippen molar-refractivity contribution >= 4 is 11.9 Å². The summed E-state index contributed by atoms with van der Waals surface area (Å²) < 4.78 is 26.8. The van der Waals surface area contributed by atoms with E-state index in [0.717, 1.165) is 0 Å². The van der Waals surface area contributed by atoms with Gasteiger partial charge in [-0.25, -0.2) is 0 Å². The molecule has 20 nitrogen and oxygen atoms in total. The van der Waals surface area contributed by atoms with E-state index in [9.17, 15) is 60.7 Å². The van der Waals surface area contributed by atoms with Crippen molar-refractivity contribution in [2.24, 2.45) is 5.73 Å². The molecule has 0 saturated carbocycles. The van der Waals surface area contributed by atoms with E-state index in [2.05, 4.69) is 5.32 Å². The van der Waals surface area contributed by atoms with Gasteiger partial charge in [-0.05, 0) is 6.42 Å². The Morgan fingerprint density at radius 2 is 1.12 bits per heavy atom. The van der Waals surface area contributed by atoms with E-state index in [0.29, 0.717) is 0 Å². The van der Waals surface area contributed by atoms with Gasteiger partial charge in [0.05, 0.1) is 19.8 Å². The molecule has 20 heteroatoms. The number of ether oxygens (including phenoxy) is 5. The number of aliphatic carboxylic acids is 1. The summed E-state index contributed by atoms with van der Waals surface area (Å²) in [5.41, 5.74) is 5.35. The van der Waals surface area contributed by atoms with Crippen molar-refractivity contribution < 1.29 is 89.4 Å². The number of carboxylic acid groups (broad SMARTS) is 1. The van der Waals surface area contributed by atoms with Gasteiger partial charge in [-0.3, -0.25) is 9.59 Å². The molecule has 1 amide bonds. The molecular formula is C23H40N2O18. The van der Waals surface area contributed by atoms with Crippen LogP contribution in [0.3, 0.4) is 0 Å². The second-order valence-electron chi connectivity index (χ2n) is 10.5. The second kappa shape index (κ2) is 15.5. The van der Waals surface area contributed by atoms with Crippen LogP contribution >= 0.6 is 0 Å². The van der Waals surface area contributed by atoms with E-state index in [4.69, 9.17) is 34.5 Å². The molecule has 16 atom stereocenters. The Bertz CT molecular complexity index is 915. The number of carboxylic acids is 1. The molecule has 0 aliphatic carbocycles. The third kappa shape index (κ3) is 8.52. The molecular weight excluding hydrogens is 592 g/mol. The van der Waals surface area contributed by atoms with Gasteiger partial charge in [-0.2, -0.15) is 0 Å². The molecule has 0 aromatic carbocycles. The van der Waals surface area contributed by atoms with Crippen molar-refractivity contribution in [1.29, 1.82) is 0 Å². The predicted molar refractivity (Wildman–Crippen MR) is 132 cm³/mol. The third-order valence-corrected chi connectivity index (χ3v) is 7.38. The second-order valence-corrected chi connectivity index (χ2v) is 10.5. The molecule has 3 rings (SSSR count). The first-order chi connectivity index (χ1) is 20.2. The van der Waals surface area contributed by atoms with Crippen LogP contribution in [0, 0.1) is 0 Å². The molecule has 0 bridgehead atoms. The number of nitrogens with two attached hydrogens (primary N) is 1. The fourth-order valence-corrected chi connectivity index (χ4v) is 4.62. The van der Waals surface area contributed by atoms with Crippen molar-refractivity contribution in [3.63, 3.8) is 0 Å². The summed E-state index contributed by atoms with van der Waals surface area (Å²) >= 11 is 0. The molecule has 0 aromatic rings. The molecule has 3 aliphatic rings. The standard InChI is InChI=1S/C23H40N2O18/c24-6(21(37)38)1-2-10(27)25-20-17(34)14(31)12(29)8(41-20)4-39-23-19(36)16(33)13(30)9(43-23)5-40-22-18(35)15(32)11(28)7(3-26)42-22/h6-9,11-20,22-23,26,28-36H,1-5,24H2,(H,25,27)(H,37,38)/t6-,7+,8+,9+,11+,12+,13+,14-,15-,16-,17+,18+,19+,20-,22-,23+/m0/s1. The summed E-state index contributed by atoms with van der Waals surface area (Å²) in [6.45, 7) is -2.01. The quantitative estimate of drug-likeness (QED) is 0.0949. The SMILES string of the molecule is N[C@@H](CCC(=O)N[C@H]1O[C@H](CO[C@@H]2O[C@H](CO[C@H]3O[C@H](CO)[C@@H](O)[C@H](O)[C@H]3O)[C@@H](O)[C@H](O)[C@H]2O)[C@@H](O)[C@H](O)[C@H]1O)C(=O)O. The number of hydrogen-bond acceptors (Lipinski definition) is 18. The Kier molecular flexibility index (Phi) is 12.9. The van der Waals surface area contributed by atoms with Gasteiger partial charge in [0.2, 0.25) is 5.91 Å². The summed E-state index contributed by atoms with van der Waals surface area (Å²) in [6, 6.07) is -1.32. The maximum absolute atomic E-state index is 12.2. The lowest BCUT2D eigenvalue weighted by atomic mass is 9.97. The van der Waals surface area contributed by atoms with E-state index in [1.54, 1.807) is 0 Å². The first kappa shape index (κ1) is 35.8. The number of amides is 1. The largest absolute Gasteiger partial charge is 0.480 e. The number of nitrogens with one attached hydrogen (secondary N) is 1. The van der Waals surface area contributed by atoms with E-state index in [-0.39, 0.29) is 12.8 Å². The van der Waals surface area contributed by atoms with Crippen LogP contribution < -0.4 is 11.1 Å². The number of rotatable bonds is 12. The lowest BCUT2D eigenvalue weighted by Crippen LogP contribution is -2.64. The summed E-state index contributed by atoms with van der Waals surface area (Å²) in [7, 11) is 0. The Morgan fingerprint density at radius 3 is 1.60 bits per heavy atom. The van der Waals surface area contributed by atoms with Gasteiger partial charge in [0.1, 0.15) is 79.3 Å². The van der Waals surface area contributed by atoms with Crippen molar-refractivity contribution in [2.75, 3.05) is 19.8 Å². The predicted octanol–water partition coefficient (Wildman–Crippen LogP) is -8.26. The Morgan fingerprint density at radius 1 is 0.674 bits per heavy atom. The highest BCUT2D eigenvalue weighted by Gasteiger charge is 2.49. The fraction of sp³-hybridized carbons (Fsp3) is 0.913. The van der Waals surface area contributed by atoms with Crippen LogP contribution in [0.25, 0.3) is 0 Å². The van der Waals surface area contributed by atoms with Gasteiger partial charge < -0.3 is 90.9 Å². The normalized spacial score (nSPS) is 44.5. The number of aliphatic hydroxyl groups is 10. The van der Waals surface area contributed by atoms with Gasteiger partial charge >= 0.3 is 5.97 Å². The monoisotopic (exact) mass is 632 g/mol. The van der Waals surface area contributed by atoms with Crippen molar-refractivity contribution in [2.45, 2.75) is 111 Å². The van der Waals surface area contributed by atoms with E-state index >= 15 is 0 Å². The van der Waals surface area contributed by atoms with Gasteiger partial charge in [-0.1, -0.05) is 0 Å². The smallest absolute Gasteiger partial charge is 0.320 e. The zero-order valence-electron chi connectivity index (χ0n) is 22.6. The fourth-order valence-electron chi connectivity index (χ4n) is 4.62. The van der Waals surface area contributed by atoms with Crippen LogP contribution in [0.5, 0.6) is 0 Å². The Hall–Kier alpha value is -1.70. The van der Waals surface area contributed by atoms with E-state index < -0.39 is 130 Å². The first-order valence-electron chi connectivity index (χ1n) is 13.4. The summed E-state index contributed by atoms with van der Waals surface area (Å²) in [6.07, 6.45) is -25.7. The average molecular weight is 633 g/mol. The van der Waals surface area contributed by atoms with Gasteiger partial charge in [0, 0.05) is 6.42 Å². The number of carbonyl (C=O) groups is 2. The van der Waals surface area contributed by atoms with Gasteiger partial charge in [0.15, 0.2) is 18.8 Å². The Balaban J connectivity index is 1.58. The van der Waals surface area contributed by atoms with Gasteiger partial charge in [0.25, 0.3) is 0 Å². The molecule has 14 N–H and O–H groups in total. The van der Waals surface area contributed by atoms with Crippen LogP contribution in [0.1, 0.15) is 12.8 Å². The highest BCUT2D eigenvalue weighted by Crippen LogP contribution is 2.27. The zero-order chi connectivity index (χ0) is 32.2. The number of aliphatic hydroxyl groups excluding tert-OH is 10. The lowest BCUT2D eigenvalue weighted by Gasteiger charge is -2.44. The minimum absolute atomic E-state index is 0.242. The molecule has 3 aliphatic heterocycles. The third-order valence-electron chi connectivity index (χ3n) is 7.38. The molecule has 0 spiro atoms. The number of carbonyl (C=O) groups excluding carboxylic acids is 1. The maximum atomic E-state index is 12.2. The molecule has 3 heterocycles. The summed E-state index contributed by atoms with van der Waals surface area (Å²) in [5.74, 6) is -2.11. The van der Waals surface area contributed by atoms with Crippen LogP contribution in [0.4, 0.5) is 0 Å². The Labute approximate surface area is 243 Å². The molecule has 43 heavy (non-hydrogen) atoms. The summed E-state index contributed by atoms with van der Waals surface area (Å²) in [4.78, 5) is 23.0. The van der Waals surface area contributed by atoms with Crippen molar-refractivity contribution in [3.05, 3.63) is 0 Å². The van der Waals surface area contributed by atoms with Crippen LogP contribution in [-0.4, -0.2) is 186 Å². The van der Waals surface area contributed by atoms with Crippen molar-refractivity contribution in [3.8, 4) is 0 Å². The number of hydrogen-bond donors (Lipinski definition) is 13. The lowest BCUT2D eigenvalue weighted by molar-refractivity contribution is -0.336. The molecule has 0 radical (unpaired) electrons. The minimum Gasteiger partial charge on any atom is -0.480 e. The molecule has 3 saturated heterocycles. The molecule has 3 fully saturated rings. The van der Waals surface area contributed by atoms with E-state index in [1.165, 1.54) is 0 Å². The van der Waals surface area contributed by atoms with Crippen LogP contribution in [0.2, 0.25) is 0 Å². The van der Waals surface area contributed by atoms with Crippen LogP contribution in [-0.2, 0) is 33.3 Å². The average Bonchev–Trinajstić information content (AvgIpc) is 2.98. The highest BCUT2D eigenvalue weighted by atomic mass is 16.7. The maximum Gasteiger partial charge on any atom is 0.320 e. The first-order valence-corrected chi connectivity index (χ1v) is 13.4. The van der Waals surface area contributed by atoms with Crippen LogP contribution in [0.15, 0.2) is 0 Å². The topological polar surface area (TPSA) is 341 Å². The minimum atomic E-state index is -1.86.